The van der Waals surface area contributed by atoms with Gasteiger partial charge in [-0.1, -0.05) is 164 Å². The number of fused-ring (bicyclic) bond motifs is 3. The molecule has 0 spiro atoms. The zero-order valence-electron chi connectivity index (χ0n) is 25.3. The third kappa shape index (κ3) is 4.55. The van der Waals surface area contributed by atoms with Crippen molar-refractivity contribution >= 4 is 38.4 Å². The van der Waals surface area contributed by atoms with Gasteiger partial charge in [0.15, 0.2) is 0 Å². The molecule has 212 valence electrons. The van der Waals surface area contributed by atoms with Crippen LogP contribution in [0.3, 0.4) is 0 Å². The van der Waals surface area contributed by atoms with Crippen molar-refractivity contribution < 1.29 is 0 Å². The fourth-order valence-corrected chi connectivity index (χ4v) is 7.01. The number of aryl methyl sites for hydroxylation is 1. The molecule has 0 aliphatic heterocycles. The predicted molar refractivity (Wildman–Crippen MR) is 196 cm³/mol. The van der Waals surface area contributed by atoms with Crippen molar-refractivity contribution in [3.63, 3.8) is 0 Å². The molecule has 45 heavy (non-hydrogen) atoms. The molecule has 0 unspecified atom stereocenters. The quantitative estimate of drug-likeness (QED) is 0.180. The average Bonchev–Trinajstić information content (AvgIpc) is 3.11. The van der Waals surface area contributed by atoms with Gasteiger partial charge in [-0.15, -0.1) is 0 Å². The maximum absolute atomic E-state index is 4.04. The van der Waals surface area contributed by atoms with Crippen molar-refractivity contribution in [3.05, 3.63) is 175 Å². The Labute approximate surface area is 264 Å². The molecule has 0 amide bonds. The summed E-state index contributed by atoms with van der Waals surface area (Å²) in [6, 6.07) is 57.5. The molecule has 0 nitrogen and oxygen atoms in total. The minimum Gasteiger partial charge on any atom is -0.0984 e. The standard InChI is InChI=1S/C45H32/c1-3-31-13-4-6-16-36(31)43-29-35(24-23-30(43)2)32-25-27-34(28-26-32)44-39-18-8-10-20-41(39)45(42-21-11-9-19-40(42)44)38-22-12-15-33-14-5-7-17-37(33)38/h3-29H,1H2,2H3. The number of rotatable bonds is 5. The Morgan fingerprint density at radius 1 is 0.400 bits per heavy atom. The van der Waals surface area contributed by atoms with Gasteiger partial charge in [-0.25, -0.2) is 0 Å². The van der Waals surface area contributed by atoms with E-state index < -0.39 is 0 Å². The van der Waals surface area contributed by atoms with E-state index in [1.165, 1.54) is 82.4 Å². The molecular formula is C45H32. The van der Waals surface area contributed by atoms with Gasteiger partial charge in [-0.2, -0.15) is 0 Å². The first-order chi connectivity index (χ1) is 22.2. The lowest BCUT2D eigenvalue weighted by Gasteiger charge is -2.19. The molecule has 0 saturated carbocycles. The number of hydrogen-bond donors (Lipinski definition) is 0. The SMILES string of the molecule is C=Cc1ccccc1-c1cc(-c2ccc(-c3c4ccccc4c(-c4cccc5ccccc45)c4ccccc34)cc2)ccc1C. The Kier molecular flexibility index (Phi) is 6.62. The molecule has 0 fully saturated rings. The third-order valence-electron chi connectivity index (χ3n) is 9.21. The maximum atomic E-state index is 4.04. The van der Waals surface area contributed by atoms with Crippen LogP contribution in [0.1, 0.15) is 11.1 Å². The van der Waals surface area contributed by atoms with Gasteiger partial charge >= 0.3 is 0 Å². The summed E-state index contributed by atoms with van der Waals surface area (Å²) in [6.07, 6.45) is 1.94. The van der Waals surface area contributed by atoms with E-state index >= 15 is 0 Å². The highest BCUT2D eigenvalue weighted by Crippen LogP contribution is 2.45. The van der Waals surface area contributed by atoms with Crippen LogP contribution in [-0.2, 0) is 0 Å². The van der Waals surface area contributed by atoms with Crippen molar-refractivity contribution in [1.29, 1.82) is 0 Å². The zero-order chi connectivity index (χ0) is 30.3. The summed E-state index contributed by atoms with van der Waals surface area (Å²) >= 11 is 0. The third-order valence-corrected chi connectivity index (χ3v) is 9.21. The van der Waals surface area contributed by atoms with E-state index in [1.54, 1.807) is 0 Å². The van der Waals surface area contributed by atoms with E-state index in [0.29, 0.717) is 0 Å². The Bertz CT molecular complexity index is 2330. The van der Waals surface area contributed by atoms with Crippen molar-refractivity contribution in [3.8, 4) is 44.5 Å². The van der Waals surface area contributed by atoms with Crippen LogP contribution in [0.2, 0.25) is 0 Å². The molecular weight excluding hydrogens is 540 g/mol. The molecule has 0 aromatic heterocycles. The van der Waals surface area contributed by atoms with Gasteiger partial charge in [0.05, 0.1) is 0 Å². The van der Waals surface area contributed by atoms with Gasteiger partial charge in [0.25, 0.3) is 0 Å². The Hall–Kier alpha value is -5.72. The van der Waals surface area contributed by atoms with Crippen molar-refractivity contribution in [2.45, 2.75) is 6.92 Å². The topological polar surface area (TPSA) is 0 Å². The summed E-state index contributed by atoms with van der Waals surface area (Å²) in [5.74, 6) is 0. The van der Waals surface area contributed by atoms with E-state index in [-0.39, 0.29) is 0 Å². The van der Waals surface area contributed by atoms with Crippen LogP contribution in [0.4, 0.5) is 0 Å². The highest BCUT2D eigenvalue weighted by atomic mass is 14.2. The molecule has 0 aliphatic rings. The van der Waals surface area contributed by atoms with Crippen molar-refractivity contribution in [2.24, 2.45) is 0 Å². The molecule has 8 aromatic rings. The lowest BCUT2D eigenvalue weighted by molar-refractivity contribution is 1.45. The fourth-order valence-electron chi connectivity index (χ4n) is 7.01. The van der Waals surface area contributed by atoms with E-state index in [0.717, 1.165) is 5.56 Å². The summed E-state index contributed by atoms with van der Waals surface area (Å²) in [6.45, 7) is 6.23. The Morgan fingerprint density at radius 2 is 0.911 bits per heavy atom. The summed E-state index contributed by atoms with van der Waals surface area (Å²) in [5.41, 5.74) is 12.4. The molecule has 8 aromatic carbocycles. The van der Waals surface area contributed by atoms with Crippen LogP contribution < -0.4 is 0 Å². The molecule has 0 N–H and O–H groups in total. The van der Waals surface area contributed by atoms with Gasteiger partial charge in [-0.05, 0) is 101 Å². The molecule has 0 saturated heterocycles. The summed E-state index contributed by atoms with van der Waals surface area (Å²) < 4.78 is 0. The Morgan fingerprint density at radius 3 is 1.60 bits per heavy atom. The maximum Gasteiger partial charge on any atom is -0.00201 e. The second kappa shape index (κ2) is 11.1. The van der Waals surface area contributed by atoms with Gasteiger partial charge in [0.1, 0.15) is 0 Å². The number of hydrogen-bond acceptors (Lipinski definition) is 0. The van der Waals surface area contributed by atoms with Gasteiger partial charge in [0.2, 0.25) is 0 Å². The van der Waals surface area contributed by atoms with Crippen LogP contribution in [0.5, 0.6) is 0 Å². The molecule has 0 heteroatoms. The number of benzene rings is 8. The molecule has 8 rings (SSSR count). The average molecular weight is 573 g/mol. The summed E-state index contributed by atoms with van der Waals surface area (Å²) in [4.78, 5) is 0. The Balaban J connectivity index is 1.30. The molecule has 0 bridgehead atoms. The first-order valence-corrected chi connectivity index (χ1v) is 15.6. The smallest absolute Gasteiger partial charge is 0.00201 e. The molecule has 0 radical (unpaired) electrons. The molecule has 0 atom stereocenters. The summed E-state index contributed by atoms with van der Waals surface area (Å²) in [7, 11) is 0. The zero-order valence-corrected chi connectivity index (χ0v) is 25.3. The van der Waals surface area contributed by atoms with E-state index in [9.17, 15) is 0 Å². The van der Waals surface area contributed by atoms with Crippen LogP contribution >= 0.6 is 0 Å². The highest BCUT2D eigenvalue weighted by molar-refractivity contribution is 6.23. The first kappa shape index (κ1) is 26.9. The molecule has 0 aliphatic carbocycles. The fraction of sp³-hybridized carbons (Fsp3) is 0.0222. The van der Waals surface area contributed by atoms with Gasteiger partial charge in [-0.3, -0.25) is 0 Å². The monoisotopic (exact) mass is 572 g/mol. The minimum absolute atomic E-state index is 1.15. The highest BCUT2D eigenvalue weighted by Gasteiger charge is 2.18. The normalized spacial score (nSPS) is 11.3. The first-order valence-electron chi connectivity index (χ1n) is 15.6. The van der Waals surface area contributed by atoms with E-state index in [1.807, 2.05) is 6.08 Å². The van der Waals surface area contributed by atoms with Crippen LogP contribution in [-0.4, -0.2) is 0 Å². The van der Waals surface area contributed by atoms with Crippen molar-refractivity contribution in [1.82, 2.24) is 0 Å². The van der Waals surface area contributed by atoms with E-state index in [2.05, 4.69) is 171 Å². The summed E-state index contributed by atoms with van der Waals surface area (Å²) in [5, 5.41) is 7.62. The largest absolute Gasteiger partial charge is 0.0984 e. The molecule has 0 heterocycles. The van der Waals surface area contributed by atoms with Crippen LogP contribution in [0.15, 0.2) is 164 Å². The lowest BCUT2D eigenvalue weighted by atomic mass is 9.84. The van der Waals surface area contributed by atoms with Crippen LogP contribution in [0.25, 0.3) is 82.9 Å². The second-order valence-electron chi connectivity index (χ2n) is 11.8. The van der Waals surface area contributed by atoms with E-state index in [4.69, 9.17) is 0 Å². The second-order valence-corrected chi connectivity index (χ2v) is 11.8. The van der Waals surface area contributed by atoms with Gasteiger partial charge in [0, 0.05) is 0 Å². The minimum atomic E-state index is 1.15. The van der Waals surface area contributed by atoms with Gasteiger partial charge < -0.3 is 0 Å². The lowest BCUT2D eigenvalue weighted by Crippen LogP contribution is -1.92. The predicted octanol–water partition coefficient (Wildman–Crippen LogP) is 12.8. The van der Waals surface area contributed by atoms with Crippen LogP contribution in [0, 0.1) is 6.92 Å². The van der Waals surface area contributed by atoms with Crippen molar-refractivity contribution in [2.75, 3.05) is 0 Å².